The minimum Gasteiger partial charge on any atom is -0.395 e. The summed E-state index contributed by atoms with van der Waals surface area (Å²) in [5.74, 6) is 0. The van der Waals surface area contributed by atoms with Crippen LogP contribution in [0.5, 0.6) is 0 Å². The third-order valence-electron chi connectivity index (χ3n) is 0.812. The van der Waals surface area contributed by atoms with Crippen LogP contribution in [0.3, 0.4) is 0 Å². The normalized spacial score (nSPS) is 15.7. The van der Waals surface area contributed by atoms with Crippen LogP contribution in [-0.2, 0) is 0 Å². The van der Waals surface area contributed by atoms with Gasteiger partial charge in [-0.25, -0.2) is 0 Å². The summed E-state index contributed by atoms with van der Waals surface area (Å²) in [5.41, 5.74) is 0. The standard InChI is InChI=1S/C7H16OS/c1-6(5-8)9-7(2,3)4/h6,8H,5H2,1-4H3/t6-/m1/s1. The van der Waals surface area contributed by atoms with Gasteiger partial charge in [0.15, 0.2) is 0 Å². The fourth-order valence-electron chi connectivity index (χ4n) is 0.641. The van der Waals surface area contributed by atoms with E-state index in [2.05, 4.69) is 20.8 Å². The summed E-state index contributed by atoms with van der Waals surface area (Å²) in [6.45, 7) is 8.79. The highest BCUT2D eigenvalue weighted by atomic mass is 32.2. The molecular formula is C7H16OS. The molecule has 0 unspecified atom stereocenters. The van der Waals surface area contributed by atoms with Gasteiger partial charge in [0, 0.05) is 10.00 Å². The Labute approximate surface area is 61.8 Å². The van der Waals surface area contributed by atoms with Crippen molar-refractivity contribution in [2.45, 2.75) is 37.7 Å². The predicted octanol–water partition coefficient (Wildman–Crippen LogP) is 1.90. The zero-order valence-electron chi connectivity index (χ0n) is 6.64. The summed E-state index contributed by atoms with van der Waals surface area (Å²) in [4.78, 5) is 0. The molecule has 1 atom stereocenters. The number of hydrogen-bond donors (Lipinski definition) is 1. The molecule has 0 rings (SSSR count). The van der Waals surface area contributed by atoms with Crippen LogP contribution in [-0.4, -0.2) is 21.7 Å². The Bertz CT molecular complexity index is 75.5. The average Bonchev–Trinajstić information content (AvgIpc) is 1.62. The molecule has 0 aromatic rings. The van der Waals surface area contributed by atoms with Gasteiger partial charge >= 0.3 is 0 Å². The van der Waals surface area contributed by atoms with Crippen LogP contribution >= 0.6 is 11.8 Å². The SMILES string of the molecule is C[C@H](CO)SC(C)(C)C. The maximum Gasteiger partial charge on any atom is 0.0547 e. The van der Waals surface area contributed by atoms with E-state index in [9.17, 15) is 0 Å². The van der Waals surface area contributed by atoms with Gasteiger partial charge in [-0.15, -0.1) is 0 Å². The van der Waals surface area contributed by atoms with Crippen LogP contribution < -0.4 is 0 Å². The van der Waals surface area contributed by atoms with Crippen molar-refractivity contribution < 1.29 is 5.11 Å². The summed E-state index contributed by atoms with van der Waals surface area (Å²) in [6.07, 6.45) is 0. The van der Waals surface area contributed by atoms with Crippen LogP contribution in [0.2, 0.25) is 0 Å². The van der Waals surface area contributed by atoms with Crippen molar-refractivity contribution in [1.29, 1.82) is 0 Å². The number of thioether (sulfide) groups is 1. The van der Waals surface area contributed by atoms with E-state index in [0.29, 0.717) is 5.25 Å². The Morgan fingerprint density at radius 2 is 1.89 bits per heavy atom. The first-order valence-electron chi connectivity index (χ1n) is 3.24. The largest absolute Gasteiger partial charge is 0.395 e. The van der Waals surface area contributed by atoms with Gasteiger partial charge in [0.1, 0.15) is 0 Å². The fourth-order valence-corrected chi connectivity index (χ4v) is 1.92. The molecule has 1 N–H and O–H groups in total. The van der Waals surface area contributed by atoms with Crippen molar-refractivity contribution in [3.63, 3.8) is 0 Å². The zero-order valence-corrected chi connectivity index (χ0v) is 7.46. The molecule has 9 heavy (non-hydrogen) atoms. The Kier molecular flexibility index (Phi) is 3.59. The first kappa shape index (κ1) is 9.31. The average molecular weight is 148 g/mol. The zero-order chi connectivity index (χ0) is 7.49. The quantitative estimate of drug-likeness (QED) is 0.645. The second kappa shape index (κ2) is 3.47. The maximum absolute atomic E-state index is 8.68. The summed E-state index contributed by atoms with van der Waals surface area (Å²) in [5, 5.41) is 9.04. The van der Waals surface area contributed by atoms with E-state index < -0.39 is 0 Å². The Morgan fingerprint density at radius 1 is 1.44 bits per heavy atom. The highest BCUT2D eigenvalue weighted by molar-refractivity contribution is 8.01. The van der Waals surface area contributed by atoms with Crippen molar-refractivity contribution in [2.24, 2.45) is 0 Å². The van der Waals surface area contributed by atoms with Crippen molar-refractivity contribution in [2.75, 3.05) is 6.61 Å². The summed E-state index contributed by atoms with van der Waals surface area (Å²) < 4.78 is 0.280. The lowest BCUT2D eigenvalue weighted by molar-refractivity contribution is 0.299. The van der Waals surface area contributed by atoms with E-state index in [4.69, 9.17) is 5.11 Å². The van der Waals surface area contributed by atoms with E-state index in [0.717, 1.165) is 0 Å². The molecule has 0 fully saturated rings. The minimum atomic E-state index is 0.280. The highest BCUT2D eigenvalue weighted by Crippen LogP contribution is 2.27. The molecule has 0 heterocycles. The number of aliphatic hydroxyl groups is 1. The molecule has 0 amide bonds. The van der Waals surface area contributed by atoms with Crippen molar-refractivity contribution >= 4 is 11.8 Å². The molecule has 1 nitrogen and oxygen atoms in total. The van der Waals surface area contributed by atoms with Crippen LogP contribution in [0, 0.1) is 0 Å². The van der Waals surface area contributed by atoms with Gasteiger partial charge in [-0.05, 0) is 0 Å². The van der Waals surface area contributed by atoms with E-state index in [1.165, 1.54) is 0 Å². The van der Waals surface area contributed by atoms with Crippen LogP contribution in [0.1, 0.15) is 27.7 Å². The molecule has 0 aromatic carbocycles. The molecule has 0 saturated heterocycles. The summed E-state index contributed by atoms with van der Waals surface area (Å²) in [6, 6.07) is 0. The lowest BCUT2D eigenvalue weighted by Gasteiger charge is -2.21. The van der Waals surface area contributed by atoms with E-state index in [1.807, 2.05) is 6.92 Å². The molecule has 56 valence electrons. The van der Waals surface area contributed by atoms with E-state index in [1.54, 1.807) is 11.8 Å². The van der Waals surface area contributed by atoms with Gasteiger partial charge in [0.25, 0.3) is 0 Å². The van der Waals surface area contributed by atoms with Gasteiger partial charge < -0.3 is 5.11 Å². The molecule has 0 spiro atoms. The first-order chi connectivity index (χ1) is 3.95. The fraction of sp³-hybridized carbons (Fsp3) is 1.00. The third kappa shape index (κ3) is 6.19. The third-order valence-corrected chi connectivity index (χ3v) is 2.07. The topological polar surface area (TPSA) is 20.2 Å². The van der Waals surface area contributed by atoms with Crippen LogP contribution in [0.4, 0.5) is 0 Å². The van der Waals surface area contributed by atoms with Gasteiger partial charge in [-0.3, -0.25) is 0 Å². The Balaban J connectivity index is 3.47. The van der Waals surface area contributed by atoms with Gasteiger partial charge in [-0.1, -0.05) is 27.7 Å². The van der Waals surface area contributed by atoms with Gasteiger partial charge in [-0.2, -0.15) is 11.8 Å². The number of hydrogen-bond acceptors (Lipinski definition) is 2. The van der Waals surface area contributed by atoms with Crippen molar-refractivity contribution in [1.82, 2.24) is 0 Å². The monoisotopic (exact) mass is 148 g/mol. The molecule has 0 saturated carbocycles. The summed E-state index contributed by atoms with van der Waals surface area (Å²) >= 11 is 1.81. The lowest BCUT2D eigenvalue weighted by atomic mass is 10.3. The summed E-state index contributed by atoms with van der Waals surface area (Å²) in [7, 11) is 0. The van der Waals surface area contributed by atoms with Gasteiger partial charge in [0.2, 0.25) is 0 Å². The first-order valence-corrected chi connectivity index (χ1v) is 4.12. The van der Waals surface area contributed by atoms with Crippen LogP contribution in [0.15, 0.2) is 0 Å². The minimum absolute atomic E-state index is 0.280. The number of aliphatic hydroxyl groups excluding tert-OH is 1. The molecule has 0 aliphatic rings. The van der Waals surface area contributed by atoms with Crippen molar-refractivity contribution in [3.8, 4) is 0 Å². The predicted molar refractivity (Wildman–Crippen MR) is 43.9 cm³/mol. The Hall–Kier alpha value is 0.310. The molecule has 0 radical (unpaired) electrons. The Morgan fingerprint density at radius 3 is 2.00 bits per heavy atom. The molecule has 0 aliphatic carbocycles. The molecule has 0 aliphatic heterocycles. The molecular weight excluding hydrogens is 132 g/mol. The maximum atomic E-state index is 8.68. The van der Waals surface area contributed by atoms with E-state index >= 15 is 0 Å². The molecule has 0 aromatic heterocycles. The van der Waals surface area contributed by atoms with Crippen molar-refractivity contribution in [3.05, 3.63) is 0 Å². The smallest absolute Gasteiger partial charge is 0.0547 e. The second-order valence-electron chi connectivity index (χ2n) is 3.22. The van der Waals surface area contributed by atoms with Crippen LogP contribution in [0.25, 0.3) is 0 Å². The highest BCUT2D eigenvalue weighted by Gasteiger charge is 2.14. The number of rotatable bonds is 2. The lowest BCUT2D eigenvalue weighted by Crippen LogP contribution is -2.15. The second-order valence-corrected chi connectivity index (χ2v) is 5.49. The van der Waals surface area contributed by atoms with Gasteiger partial charge in [0.05, 0.1) is 6.61 Å². The molecule has 2 heteroatoms. The molecule has 0 bridgehead atoms. The van der Waals surface area contributed by atoms with E-state index in [-0.39, 0.29) is 11.4 Å².